The standard InChI is InChI=1S/C10H15FN2O/c1-7(13-12)5-8-3-4-10(14-2)9(11)6-8/h3-4,6-7,13H,5,12H2,1-2H3. The van der Waals surface area contributed by atoms with Crippen LogP contribution in [-0.2, 0) is 6.42 Å². The molecule has 1 aromatic rings. The van der Waals surface area contributed by atoms with Gasteiger partial charge in [-0.2, -0.15) is 0 Å². The van der Waals surface area contributed by atoms with Crippen molar-refractivity contribution in [1.29, 1.82) is 0 Å². The molecule has 0 fully saturated rings. The second-order valence-corrected chi connectivity index (χ2v) is 3.24. The highest BCUT2D eigenvalue weighted by Gasteiger charge is 2.05. The largest absolute Gasteiger partial charge is 0.494 e. The van der Waals surface area contributed by atoms with Gasteiger partial charge in [-0.25, -0.2) is 4.39 Å². The van der Waals surface area contributed by atoms with E-state index in [1.165, 1.54) is 13.2 Å². The second-order valence-electron chi connectivity index (χ2n) is 3.24. The van der Waals surface area contributed by atoms with Gasteiger partial charge in [0.05, 0.1) is 7.11 Å². The molecule has 0 amide bonds. The summed E-state index contributed by atoms with van der Waals surface area (Å²) >= 11 is 0. The van der Waals surface area contributed by atoms with Gasteiger partial charge in [-0.05, 0) is 31.0 Å². The molecule has 1 unspecified atom stereocenters. The van der Waals surface area contributed by atoms with E-state index in [0.717, 1.165) is 5.56 Å². The number of hydrogen-bond acceptors (Lipinski definition) is 3. The van der Waals surface area contributed by atoms with E-state index < -0.39 is 0 Å². The molecular weight excluding hydrogens is 183 g/mol. The zero-order valence-electron chi connectivity index (χ0n) is 8.38. The van der Waals surface area contributed by atoms with Crippen molar-refractivity contribution in [2.24, 2.45) is 5.84 Å². The second kappa shape index (κ2) is 4.93. The van der Waals surface area contributed by atoms with Gasteiger partial charge in [0.1, 0.15) is 0 Å². The third-order valence-corrected chi connectivity index (χ3v) is 2.04. The van der Waals surface area contributed by atoms with Crippen molar-refractivity contribution in [1.82, 2.24) is 5.43 Å². The van der Waals surface area contributed by atoms with Crippen LogP contribution in [0.25, 0.3) is 0 Å². The van der Waals surface area contributed by atoms with Gasteiger partial charge in [0.2, 0.25) is 0 Å². The van der Waals surface area contributed by atoms with Crippen molar-refractivity contribution in [2.75, 3.05) is 7.11 Å². The maximum atomic E-state index is 13.2. The fourth-order valence-electron chi connectivity index (χ4n) is 1.25. The zero-order valence-corrected chi connectivity index (χ0v) is 8.38. The monoisotopic (exact) mass is 198 g/mol. The maximum absolute atomic E-state index is 13.2. The molecule has 1 atom stereocenters. The predicted molar refractivity (Wildman–Crippen MR) is 53.4 cm³/mol. The SMILES string of the molecule is COc1ccc(CC(C)NN)cc1F. The smallest absolute Gasteiger partial charge is 0.165 e. The number of ether oxygens (including phenoxy) is 1. The summed E-state index contributed by atoms with van der Waals surface area (Å²) in [5, 5.41) is 0. The lowest BCUT2D eigenvalue weighted by atomic mass is 10.1. The maximum Gasteiger partial charge on any atom is 0.165 e. The molecule has 3 nitrogen and oxygen atoms in total. The first-order valence-electron chi connectivity index (χ1n) is 4.46. The summed E-state index contributed by atoms with van der Waals surface area (Å²) in [6, 6.07) is 5.04. The minimum absolute atomic E-state index is 0.128. The van der Waals surface area contributed by atoms with E-state index in [0.29, 0.717) is 6.42 Å². The number of rotatable bonds is 4. The van der Waals surface area contributed by atoms with Crippen LogP contribution in [0.5, 0.6) is 5.75 Å². The van der Waals surface area contributed by atoms with Crippen LogP contribution in [-0.4, -0.2) is 13.2 Å². The van der Waals surface area contributed by atoms with Gasteiger partial charge in [-0.15, -0.1) is 0 Å². The molecule has 0 spiro atoms. The Balaban J connectivity index is 2.76. The van der Waals surface area contributed by atoms with Crippen molar-refractivity contribution in [3.05, 3.63) is 29.6 Å². The van der Waals surface area contributed by atoms with Crippen molar-refractivity contribution in [2.45, 2.75) is 19.4 Å². The Kier molecular flexibility index (Phi) is 3.85. The zero-order chi connectivity index (χ0) is 10.6. The summed E-state index contributed by atoms with van der Waals surface area (Å²) < 4.78 is 18.0. The van der Waals surface area contributed by atoms with E-state index in [2.05, 4.69) is 5.43 Å². The molecule has 4 heteroatoms. The van der Waals surface area contributed by atoms with E-state index in [1.807, 2.05) is 13.0 Å². The van der Waals surface area contributed by atoms with Crippen LogP contribution in [0, 0.1) is 5.82 Å². The number of methoxy groups -OCH3 is 1. The number of benzene rings is 1. The molecule has 14 heavy (non-hydrogen) atoms. The molecule has 1 aromatic carbocycles. The first-order chi connectivity index (χ1) is 6.67. The summed E-state index contributed by atoms with van der Waals surface area (Å²) in [4.78, 5) is 0. The number of nitrogens with two attached hydrogens (primary N) is 1. The molecule has 0 aliphatic rings. The van der Waals surface area contributed by atoms with Gasteiger partial charge < -0.3 is 4.74 Å². The highest BCUT2D eigenvalue weighted by Crippen LogP contribution is 2.18. The van der Waals surface area contributed by atoms with Crippen molar-refractivity contribution in [3.63, 3.8) is 0 Å². The first-order valence-corrected chi connectivity index (χ1v) is 4.46. The van der Waals surface area contributed by atoms with Crippen LogP contribution in [0.15, 0.2) is 18.2 Å². The minimum Gasteiger partial charge on any atom is -0.494 e. The molecule has 0 heterocycles. The first kappa shape index (κ1) is 10.9. The van der Waals surface area contributed by atoms with E-state index in [9.17, 15) is 4.39 Å². The third kappa shape index (κ3) is 2.68. The number of hydrogen-bond donors (Lipinski definition) is 2. The molecule has 1 rings (SSSR count). The van der Waals surface area contributed by atoms with Crippen LogP contribution >= 0.6 is 0 Å². The van der Waals surface area contributed by atoms with Crippen LogP contribution in [0.2, 0.25) is 0 Å². The molecule has 0 radical (unpaired) electrons. The minimum atomic E-state index is -0.339. The number of nitrogens with one attached hydrogen (secondary N) is 1. The van der Waals surface area contributed by atoms with Crippen molar-refractivity contribution in [3.8, 4) is 5.75 Å². The average molecular weight is 198 g/mol. The Morgan fingerprint density at radius 3 is 2.79 bits per heavy atom. The van der Waals surface area contributed by atoms with Crippen LogP contribution in [0.4, 0.5) is 4.39 Å². The summed E-state index contributed by atoms with van der Waals surface area (Å²) in [5.74, 6) is 5.17. The Labute approximate surface area is 83.0 Å². The van der Waals surface area contributed by atoms with E-state index in [4.69, 9.17) is 10.6 Å². The van der Waals surface area contributed by atoms with Crippen LogP contribution in [0.1, 0.15) is 12.5 Å². The summed E-state index contributed by atoms with van der Waals surface area (Å²) in [5.41, 5.74) is 3.50. The van der Waals surface area contributed by atoms with Crippen LogP contribution < -0.4 is 16.0 Å². The molecule has 3 N–H and O–H groups in total. The Morgan fingerprint density at radius 2 is 2.29 bits per heavy atom. The lowest BCUT2D eigenvalue weighted by molar-refractivity contribution is 0.386. The number of halogens is 1. The van der Waals surface area contributed by atoms with Crippen molar-refractivity contribution < 1.29 is 9.13 Å². The van der Waals surface area contributed by atoms with Crippen molar-refractivity contribution >= 4 is 0 Å². The highest BCUT2D eigenvalue weighted by molar-refractivity contribution is 5.29. The summed E-state index contributed by atoms with van der Waals surface area (Å²) in [6.07, 6.45) is 0.692. The molecule has 0 bridgehead atoms. The fraction of sp³-hybridized carbons (Fsp3) is 0.400. The van der Waals surface area contributed by atoms with E-state index in [1.54, 1.807) is 6.07 Å². The number of hydrazine groups is 1. The predicted octanol–water partition coefficient (Wildman–Crippen LogP) is 1.23. The van der Waals surface area contributed by atoms with E-state index >= 15 is 0 Å². The molecule has 0 aromatic heterocycles. The average Bonchev–Trinajstić information content (AvgIpc) is 2.18. The Bertz CT molecular complexity index is 304. The van der Waals surface area contributed by atoms with Gasteiger partial charge in [0, 0.05) is 6.04 Å². The topological polar surface area (TPSA) is 47.3 Å². The normalized spacial score (nSPS) is 12.6. The van der Waals surface area contributed by atoms with E-state index in [-0.39, 0.29) is 17.6 Å². The molecule has 0 saturated carbocycles. The Hall–Kier alpha value is -1.13. The van der Waals surface area contributed by atoms with Gasteiger partial charge in [-0.1, -0.05) is 6.07 Å². The fourth-order valence-corrected chi connectivity index (χ4v) is 1.25. The summed E-state index contributed by atoms with van der Waals surface area (Å²) in [6.45, 7) is 1.93. The van der Waals surface area contributed by atoms with Gasteiger partial charge in [0.25, 0.3) is 0 Å². The summed E-state index contributed by atoms with van der Waals surface area (Å²) in [7, 11) is 1.45. The molecular formula is C10H15FN2O. The van der Waals surface area contributed by atoms with Crippen LogP contribution in [0.3, 0.4) is 0 Å². The molecule has 0 aliphatic carbocycles. The highest BCUT2D eigenvalue weighted by atomic mass is 19.1. The quantitative estimate of drug-likeness (QED) is 0.565. The molecule has 0 saturated heterocycles. The lowest BCUT2D eigenvalue weighted by Gasteiger charge is -2.10. The van der Waals surface area contributed by atoms with Gasteiger partial charge in [-0.3, -0.25) is 11.3 Å². The lowest BCUT2D eigenvalue weighted by Crippen LogP contribution is -2.34. The van der Waals surface area contributed by atoms with Gasteiger partial charge >= 0.3 is 0 Å². The Morgan fingerprint density at radius 1 is 1.57 bits per heavy atom. The van der Waals surface area contributed by atoms with Gasteiger partial charge in [0.15, 0.2) is 11.6 Å². The molecule has 78 valence electrons. The third-order valence-electron chi connectivity index (χ3n) is 2.04. The molecule has 0 aliphatic heterocycles.